The van der Waals surface area contributed by atoms with E-state index in [4.69, 9.17) is 16.3 Å². The van der Waals surface area contributed by atoms with Crippen molar-refractivity contribution in [3.63, 3.8) is 0 Å². The van der Waals surface area contributed by atoms with Gasteiger partial charge in [0.05, 0.1) is 25.3 Å². The Kier molecular flexibility index (Phi) is 6.41. The summed E-state index contributed by atoms with van der Waals surface area (Å²) in [6.07, 6.45) is -0.107. The van der Waals surface area contributed by atoms with Crippen LogP contribution in [0, 0.1) is 0 Å². The Bertz CT molecular complexity index is 1080. The summed E-state index contributed by atoms with van der Waals surface area (Å²) >= 11 is 6.24. The summed E-state index contributed by atoms with van der Waals surface area (Å²) in [7, 11) is 1.27. The van der Waals surface area contributed by atoms with E-state index in [1.165, 1.54) is 19.2 Å². The Hall–Kier alpha value is -3.45. The summed E-state index contributed by atoms with van der Waals surface area (Å²) in [6, 6.07) is 17.5. The van der Waals surface area contributed by atoms with E-state index in [1.807, 2.05) is 6.07 Å². The van der Waals surface area contributed by atoms with Crippen LogP contribution in [0.15, 0.2) is 71.5 Å². The first-order valence-electron chi connectivity index (χ1n) is 8.77. The molecule has 0 radical (unpaired) electrons. The summed E-state index contributed by atoms with van der Waals surface area (Å²) in [6.45, 7) is 0. The van der Waals surface area contributed by atoms with Crippen LogP contribution in [0.25, 0.3) is 5.69 Å². The maximum Gasteiger partial charge on any atom is 0.307 e. The highest BCUT2D eigenvalue weighted by Gasteiger charge is 2.22. The average molecular weight is 412 g/mol. The molecule has 0 saturated heterocycles. The highest BCUT2D eigenvalue weighted by molar-refractivity contribution is 6.31. The first-order chi connectivity index (χ1) is 14.0. The second-order valence-corrected chi connectivity index (χ2v) is 6.54. The molecule has 1 heterocycles. The molecule has 2 aromatic carbocycles. The largest absolute Gasteiger partial charge is 0.469 e. The highest BCUT2D eigenvalue weighted by Crippen LogP contribution is 2.25. The van der Waals surface area contributed by atoms with Crippen LogP contribution in [0.2, 0.25) is 5.02 Å². The van der Waals surface area contributed by atoms with Crippen molar-refractivity contribution in [3.8, 4) is 5.69 Å². The third kappa shape index (κ3) is 4.89. The summed E-state index contributed by atoms with van der Waals surface area (Å²) < 4.78 is 5.87. The molecular formula is C21H18ClN3O4. The van der Waals surface area contributed by atoms with Gasteiger partial charge in [0.25, 0.3) is 11.5 Å². The standard InChI is InChI=1S/C21H18ClN3O4/c1-29-20(27)13-18(15-9-5-6-10-16(15)22)23-21(28)17-11-12-19(26)25(24-17)14-7-3-2-4-8-14/h2-12,18H,13H2,1H3,(H,23,28). The number of carbonyl (C=O) groups excluding carboxylic acids is 2. The van der Waals surface area contributed by atoms with Gasteiger partial charge in [0.1, 0.15) is 5.69 Å². The molecule has 1 amide bonds. The van der Waals surface area contributed by atoms with Gasteiger partial charge in [-0.2, -0.15) is 9.78 Å². The minimum atomic E-state index is -0.720. The Labute approximate surface area is 171 Å². The third-order valence-electron chi connectivity index (χ3n) is 4.22. The van der Waals surface area contributed by atoms with E-state index >= 15 is 0 Å². The Morgan fingerprint density at radius 2 is 1.76 bits per heavy atom. The van der Waals surface area contributed by atoms with Gasteiger partial charge in [0.2, 0.25) is 0 Å². The van der Waals surface area contributed by atoms with Crippen LogP contribution < -0.4 is 10.9 Å². The molecule has 0 aliphatic rings. The number of benzene rings is 2. The van der Waals surface area contributed by atoms with Gasteiger partial charge in [0.15, 0.2) is 0 Å². The number of esters is 1. The molecule has 29 heavy (non-hydrogen) atoms. The number of methoxy groups -OCH3 is 1. The summed E-state index contributed by atoms with van der Waals surface area (Å²) in [5.41, 5.74) is 0.758. The minimum absolute atomic E-state index is 0.0235. The van der Waals surface area contributed by atoms with Crippen LogP contribution >= 0.6 is 11.6 Å². The van der Waals surface area contributed by atoms with Crippen molar-refractivity contribution in [2.75, 3.05) is 7.11 Å². The van der Waals surface area contributed by atoms with Crippen molar-refractivity contribution in [3.05, 3.63) is 93.4 Å². The molecule has 0 bridgehead atoms. The van der Waals surface area contributed by atoms with Crippen molar-refractivity contribution in [2.45, 2.75) is 12.5 Å². The molecule has 0 saturated carbocycles. The molecule has 148 valence electrons. The molecule has 8 heteroatoms. The highest BCUT2D eigenvalue weighted by atomic mass is 35.5. The maximum absolute atomic E-state index is 12.8. The number of nitrogens with one attached hydrogen (secondary N) is 1. The Balaban J connectivity index is 1.91. The van der Waals surface area contributed by atoms with Gasteiger partial charge in [-0.25, -0.2) is 0 Å². The zero-order valence-corrected chi connectivity index (χ0v) is 16.3. The predicted octanol–water partition coefficient (Wildman–Crippen LogP) is 2.92. The lowest BCUT2D eigenvalue weighted by Crippen LogP contribution is -2.33. The number of ether oxygens (including phenoxy) is 1. The van der Waals surface area contributed by atoms with Crippen LogP contribution in [-0.4, -0.2) is 28.8 Å². The van der Waals surface area contributed by atoms with Crippen molar-refractivity contribution in [1.82, 2.24) is 15.1 Å². The van der Waals surface area contributed by atoms with E-state index in [1.54, 1.807) is 48.5 Å². The minimum Gasteiger partial charge on any atom is -0.469 e. The Morgan fingerprint density at radius 3 is 2.45 bits per heavy atom. The molecule has 1 unspecified atom stereocenters. The monoisotopic (exact) mass is 411 g/mol. The van der Waals surface area contributed by atoms with Crippen LogP contribution in [0.5, 0.6) is 0 Å². The fourth-order valence-electron chi connectivity index (χ4n) is 2.77. The van der Waals surface area contributed by atoms with Crippen LogP contribution in [0.4, 0.5) is 0 Å². The predicted molar refractivity (Wildman–Crippen MR) is 108 cm³/mol. The first-order valence-corrected chi connectivity index (χ1v) is 9.15. The van der Waals surface area contributed by atoms with Crippen molar-refractivity contribution < 1.29 is 14.3 Å². The molecule has 1 N–H and O–H groups in total. The Morgan fingerprint density at radius 1 is 1.07 bits per heavy atom. The van der Waals surface area contributed by atoms with E-state index in [-0.39, 0.29) is 17.7 Å². The zero-order valence-electron chi connectivity index (χ0n) is 15.5. The van der Waals surface area contributed by atoms with Gasteiger partial charge in [-0.1, -0.05) is 48.0 Å². The van der Waals surface area contributed by atoms with Crippen molar-refractivity contribution >= 4 is 23.5 Å². The number of amides is 1. The van der Waals surface area contributed by atoms with Gasteiger partial charge < -0.3 is 10.1 Å². The van der Waals surface area contributed by atoms with Crippen LogP contribution in [-0.2, 0) is 9.53 Å². The second kappa shape index (κ2) is 9.16. The van der Waals surface area contributed by atoms with Crippen LogP contribution in [0.3, 0.4) is 0 Å². The third-order valence-corrected chi connectivity index (χ3v) is 4.56. The molecular weight excluding hydrogens is 394 g/mol. The molecule has 0 aliphatic carbocycles. The average Bonchev–Trinajstić information content (AvgIpc) is 2.74. The number of aromatic nitrogens is 2. The zero-order chi connectivity index (χ0) is 20.8. The van der Waals surface area contributed by atoms with E-state index in [0.717, 1.165) is 4.68 Å². The summed E-state index contributed by atoms with van der Waals surface area (Å²) in [4.78, 5) is 36.8. The fraction of sp³-hybridized carbons (Fsp3) is 0.143. The number of halogens is 1. The van der Waals surface area contributed by atoms with Gasteiger partial charge in [-0.05, 0) is 29.8 Å². The van der Waals surface area contributed by atoms with E-state index in [2.05, 4.69) is 10.4 Å². The lowest BCUT2D eigenvalue weighted by Gasteiger charge is -2.19. The molecule has 0 fully saturated rings. The van der Waals surface area contributed by atoms with Crippen molar-refractivity contribution in [1.29, 1.82) is 0 Å². The van der Waals surface area contributed by atoms with Crippen molar-refractivity contribution in [2.24, 2.45) is 0 Å². The lowest BCUT2D eigenvalue weighted by molar-refractivity contribution is -0.141. The summed E-state index contributed by atoms with van der Waals surface area (Å²) in [5, 5.41) is 7.31. The molecule has 1 atom stereocenters. The van der Waals surface area contributed by atoms with E-state index in [9.17, 15) is 14.4 Å². The fourth-order valence-corrected chi connectivity index (χ4v) is 3.03. The number of carbonyl (C=O) groups is 2. The number of para-hydroxylation sites is 1. The van der Waals surface area contributed by atoms with Gasteiger partial charge in [0, 0.05) is 11.1 Å². The normalized spacial score (nSPS) is 11.5. The smallest absolute Gasteiger partial charge is 0.307 e. The van der Waals surface area contributed by atoms with Gasteiger partial charge >= 0.3 is 5.97 Å². The van der Waals surface area contributed by atoms with Crippen LogP contribution in [0.1, 0.15) is 28.5 Å². The topological polar surface area (TPSA) is 90.3 Å². The SMILES string of the molecule is COC(=O)CC(NC(=O)c1ccc(=O)n(-c2ccccc2)n1)c1ccccc1Cl. The molecule has 3 aromatic rings. The second-order valence-electron chi connectivity index (χ2n) is 6.13. The number of hydrogen-bond donors (Lipinski definition) is 1. The lowest BCUT2D eigenvalue weighted by atomic mass is 10.0. The molecule has 0 aliphatic heterocycles. The first kappa shape index (κ1) is 20.3. The molecule has 1 aromatic heterocycles. The maximum atomic E-state index is 12.8. The molecule has 3 rings (SSSR count). The number of nitrogens with zero attached hydrogens (tertiary/aromatic N) is 2. The quantitative estimate of drug-likeness (QED) is 0.630. The summed E-state index contributed by atoms with van der Waals surface area (Å²) in [5.74, 6) is -1.05. The van der Waals surface area contributed by atoms with E-state index < -0.39 is 17.9 Å². The molecule has 0 spiro atoms. The number of hydrogen-bond acceptors (Lipinski definition) is 5. The molecule has 7 nitrogen and oxygen atoms in total. The van der Waals surface area contributed by atoms with E-state index in [0.29, 0.717) is 16.3 Å². The van der Waals surface area contributed by atoms with Gasteiger partial charge in [-0.15, -0.1) is 0 Å². The van der Waals surface area contributed by atoms with Gasteiger partial charge in [-0.3, -0.25) is 14.4 Å². The number of rotatable bonds is 6.